The number of rotatable bonds is 14. The number of hydrogen-bond donors (Lipinski definition) is 6. The lowest BCUT2D eigenvalue weighted by Crippen LogP contribution is -2.53. The third-order valence-corrected chi connectivity index (χ3v) is 4.98. The Morgan fingerprint density at radius 3 is 2.11 bits per heavy atom. The van der Waals surface area contributed by atoms with Crippen LogP contribution in [0.4, 0.5) is 0 Å². The Hall–Kier alpha value is -3.67. The number of esters is 1. The van der Waals surface area contributed by atoms with Gasteiger partial charge < -0.3 is 36.8 Å². The van der Waals surface area contributed by atoms with Gasteiger partial charge >= 0.3 is 5.97 Å². The first-order valence-electron chi connectivity index (χ1n) is 11.8. The van der Waals surface area contributed by atoms with Crippen LogP contribution in [0.2, 0.25) is 0 Å². The number of amides is 4. The molecule has 0 aliphatic carbocycles. The fraction of sp³-hybridized carbons (Fsp3) is 0.542. The van der Waals surface area contributed by atoms with Gasteiger partial charge in [-0.1, -0.05) is 26.0 Å². The molecule has 0 aromatic heterocycles. The number of nitrogens with two attached hydrogens (primary N) is 1. The minimum absolute atomic E-state index is 0.0688. The largest absolute Gasteiger partial charge is 0.508 e. The first kappa shape index (κ1) is 30.4. The average molecular weight is 508 g/mol. The van der Waals surface area contributed by atoms with Crippen molar-refractivity contribution in [3.63, 3.8) is 0 Å². The van der Waals surface area contributed by atoms with Crippen LogP contribution in [-0.4, -0.2) is 72.5 Å². The minimum atomic E-state index is -0.962. The molecule has 0 radical (unpaired) electrons. The van der Waals surface area contributed by atoms with E-state index in [1.54, 1.807) is 19.1 Å². The van der Waals surface area contributed by atoms with Gasteiger partial charge in [0.1, 0.15) is 24.4 Å². The van der Waals surface area contributed by atoms with Crippen molar-refractivity contribution in [3.8, 4) is 5.75 Å². The first-order chi connectivity index (χ1) is 16.9. The summed E-state index contributed by atoms with van der Waals surface area (Å²) in [5.41, 5.74) is 6.65. The second-order valence-electron chi connectivity index (χ2n) is 8.70. The summed E-state index contributed by atoms with van der Waals surface area (Å²) >= 11 is 0. The molecule has 200 valence electrons. The van der Waals surface area contributed by atoms with Crippen molar-refractivity contribution in [1.29, 1.82) is 0 Å². The van der Waals surface area contributed by atoms with Crippen LogP contribution in [-0.2, 0) is 35.1 Å². The highest BCUT2D eigenvalue weighted by atomic mass is 16.5. The van der Waals surface area contributed by atoms with Crippen LogP contribution in [0, 0.1) is 5.92 Å². The number of phenols is 1. The van der Waals surface area contributed by atoms with Gasteiger partial charge in [0.15, 0.2) is 0 Å². The van der Waals surface area contributed by atoms with Gasteiger partial charge in [-0.05, 0) is 50.3 Å². The SMILES string of the molecule is CCOC(=O)CNC(=O)[C@H](CC(C)C)NC(=O)CNC(=O)[C@H](C)NC(=O)[C@@H](N)Cc1ccc(O)cc1. The second-order valence-corrected chi connectivity index (χ2v) is 8.70. The normalized spacial score (nSPS) is 13.2. The fourth-order valence-corrected chi connectivity index (χ4v) is 3.13. The van der Waals surface area contributed by atoms with Crippen LogP contribution in [0.15, 0.2) is 24.3 Å². The van der Waals surface area contributed by atoms with Crippen molar-refractivity contribution < 1.29 is 33.8 Å². The van der Waals surface area contributed by atoms with E-state index in [1.165, 1.54) is 19.1 Å². The van der Waals surface area contributed by atoms with Gasteiger partial charge in [0.2, 0.25) is 23.6 Å². The molecule has 7 N–H and O–H groups in total. The van der Waals surface area contributed by atoms with Crippen LogP contribution in [0.3, 0.4) is 0 Å². The van der Waals surface area contributed by atoms with Gasteiger partial charge in [-0.25, -0.2) is 0 Å². The zero-order chi connectivity index (χ0) is 27.3. The number of carbonyl (C=O) groups excluding carboxylic acids is 5. The summed E-state index contributed by atoms with van der Waals surface area (Å²) in [5, 5.41) is 19.2. The quantitative estimate of drug-likeness (QED) is 0.175. The molecule has 1 aromatic rings. The van der Waals surface area contributed by atoms with Crippen molar-refractivity contribution in [2.75, 3.05) is 19.7 Å². The van der Waals surface area contributed by atoms with Gasteiger partial charge in [-0.15, -0.1) is 0 Å². The standard InChI is InChI=1S/C24H37N5O7/c1-5-36-21(32)13-27-24(35)19(10-14(2)3)29-20(31)12-26-22(33)15(4)28-23(34)18(25)11-16-6-8-17(30)9-7-16/h6-9,14-15,18-19,30H,5,10-13,25H2,1-4H3,(H,26,33)(H,27,35)(H,28,34)(H,29,31)/t15-,18-,19-/m0/s1. The van der Waals surface area contributed by atoms with Crippen LogP contribution in [0.25, 0.3) is 0 Å². The van der Waals surface area contributed by atoms with Crippen LogP contribution in [0.5, 0.6) is 5.75 Å². The lowest BCUT2D eigenvalue weighted by atomic mass is 10.0. The zero-order valence-corrected chi connectivity index (χ0v) is 21.1. The molecule has 0 saturated heterocycles. The number of ether oxygens (including phenoxy) is 1. The first-order valence-corrected chi connectivity index (χ1v) is 11.8. The topological polar surface area (TPSA) is 189 Å². The molecule has 0 bridgehead atoms. The van der Waals surface area contributed by atoms with Crippen molar-refractivity contribution in [3.05, 3.63) is 29.8 Å². The van der Waals surface area contributed by atoms with E-state index in [9.17, 15) is 29.1 Å². The number of carbonyl (C=O) groups is 5. The van der Waals surface area contributed by atoms with Gasteiger partial charge in [-0.2, -0.15) is 0 Å². The van der Waals surface area contributed by atoms with E-state index in [4.69, 9.17) is 10.5 Å². The lowest BCUT2D eigenvalue weighted by molar-refractivity contribution is -0.143. The molecule has 12 nitrogen and oxygen atoms in total. The molecule has 0 spiro atoms. The molecule has 0 heterocycles. The van der Waals surface area contributed by atoms with Crippen LogP contribution < -0.4 is 27.0 Å². The van der Waals surface area contributed by atoms with Crippen LogP contribution >= 0.6 is 0 Å². The third kappa shape index (κ3) is 11.6. The minimum Gasteiger partial charge on any atom is -0.508 e. The molecule has 0 saturated carbocycles. The Kier molecular flexibility index (Phi) is 12.9. The number of hydrogen-bond acceptors (Lipinski definition) is 8. The molecule has 4 amide bonds. The average Bonchev–Trinajstić information content (AvgIpc) is 2.81. The van der Waals surface area contributed by atoms with Gasteiger partial charge in [0.25, 0.3) is 0 Å². The molecule has 0 unspecified atom stereocenters. The molecular weight excluding hydrogens is 470 g/mol. The van der Waals surface area contributed by atoms with Crippen molar-refractivity contribution in [2.24, 2.45) is 11.7 Å². The Bertz CT molecular complexity index is 905. The maximum Gasteiger partial charge on any atom is 0.325 e. The number of phenolic OH excluding ortho intramolecular Hbond substituents is 1. The summed E-state index contributed by atoms with van der Waals surface area (Å²) in [6, 6.07) is 3.46. The number of nitrogens with one attached hydrogen (secondary N) is 4. The van der Waals surface area contributed by atoms with Crippen LogP contribution in [0.1, 0.15) is 39.7 Å². The van der Waals surface area contributed by atoms with Gasteiger partial charge in [0.05, 0.1) is 19.2 Å². The molecule has 3 atom stereocenters. The van der Waals surface area contributed by atoms with Gasteiger partial charge in [0, 0.05) is 0 Å². The Morgan fingerprint density at radius 2 is 1.53 bits per heavy atom. The van der Waals surface area contributed by atoms with E-state index >= 15 is 0 Å². The van der Waals surface area contributed by atoms with Gasteiger partial charge in [-0.3, -0.25) is 24.0 Å². The molecular formula is C24H37N5O7. The lowest BCUT2D eigenvalue weighted by Gasteiger charge is -2.21. The summed E-state index contributed by atoms with van der Waals surface area (Å²) in [7, 11) is 0. The van der Waals surface area contributed by atoms with E-state index in [0.717, 1.165) is 5.56 Å². The molecule has 0 fully saturated rings. The third-order valence-electron chi connectivity index (χ3n) is 4.98. The Morgan fingerprint density at radius 1 is 0.917 bits per heavy atom. The highest BCUT2D eigenvalue weighted by Crippen LogP contribution is 2.11. The summed E-state index contributed by atoms with van der Waals surface area (Å²) in [5.74, 6) is -2.74. The smallest absolute Gasteiger partial charge is 0.325 e. The molecule has 36 heavy (non-hydrogen) atoms. The molecule has 1 aromatic carbocycles. The predicted octanol–water partition coefficient (Wildman–Crippen LogP) is -0.907. The maximum absolute atomic E-state index is 12.4. The van der Waals surface area contributed by atoms with E-state index in [-0.39, 0.29) is 31.2 Å². The fourth-order valence-electron chi connectivity index (χ4n) is 3.13. The number of aromatic hydroxyl groups is 1. The van der Waals surface area contributed by atoms with E-state index in [0.29, 0.717) is 6.42 Å². The zero-order valence-electron chi connectivity index (χ0n) is 21.1. The summed E-state index contributed by atoms with van der Waals surface area (Å²) in [6.07, 6.45) is 0.526. The van der Waals surface area contributed by atoms with E-state index < -0.39 is 54.3 Å². The van der Waals surface area contributed by atoms with E-state index in [1.807, 2.05) is 13.8 Å². The summed E-state index contributed by atoms with van der Waals surface area (Å²) in [4.78, 5) is 60.9. The second kappa shape index (κ2) is 15.4. The highest BCUT2D eigenvalue weighted by Gasteiger charge is 2.24. The molecule has 1 rings (SSSR count). The number of benzene rings is 1. The summed E-state index contributed by atoms with van der Waals surface area (Å²) in [6.45, 7) is 6.28. The molecule has 12 heteroatoms. The van der Waals surface area contributed by atoms with Crippen molar-refractivity contribution in [2.45, 2.75) is 58.7 Å². The monoisotopic (exact) mass is 507 g/mol. The summed E-state index contributed by atoms with van der Waals surface area (Å²) < 4.78 is 4.76. The molecule has 0 aliphatic heterocycles. The Labute approximate surface area is 210 Å². The predicted molar refractivity (Wildman–Crippen MR) is 131 cm³/mol. The maximum atomic E-state index is 12.4. The molecule has 0 aliphatic rings. The van der Waals surface area contributed by atoms with E-state index in [2.05, 4.69) is 21.3 Å². The highest BCUT2D eigenvalue weighted by molar-refractivity contribution is 5.93. The Balaban J connectivity index is 2.52. The van der Waals surface area contributed by atoms with Crippen molar-refractivity contribution >= 4 is 29.6 Å². The van der Waals surface area contributed by atoms with Crippen molar-refractivity contribution in [1.82, 2.24) is 21.3 Å².